The predicted octanol–water partition coefficient (Wildman–Crippen LogP) is 0.254. The standard InChI is InChI=1S/C10H12N2O/c1-8-6-9(4-3-5-11-2)10(13)12-7-8/h6-7,11H,5H2,1-2H3,(H,12,13). The van der Waals surface area contributed by atoms with Gasteiger partial charge in [-0.2, -0.15) is 0 Å². The molecule has 68 valence electrons. The molecular formula is C10H12N2O. The van der Waals surface area contributed by atoms with Gasteiger partial charge in [0.1, 0.15) is 0 Å². The van der Waals surface area contributed by atoms with E-state index in [1.54, 1.807) is 12.3 Å². The van der Waals surface area contributed by atoms with E-state index in [1.165, 1.54) is 0 Å². The van der Waals surface area contributed by atoms with E-state index in [0.29, 0.717) is 12.1 Å². The zero-order valence-corrected chi connectivity index (χ0v) is 7.77. The first-order valence-electron chi connectivity index (χ1n) is 4.07. The number of H-pyrrole nitrogens is 1. The van der Waals surface area contributed by atoms with Crippen LogP contribution in [0.4, 0.5) is 0 Å². The number of aromatic nitrogens is 1. The highest BCUT2D eigenvalue weighted by molar-refractivity contribution is 5.34. The third kappa shape index (κ3) is 2.77. The van der Waals surface area contributed by atoms with Crippen molar-refractivity contribution in [3.8, 4) is 11.8 Å². The molecule has 2 N–H and O–H groups in total. The molecule has 1 aromatic rings. The lowest BCUT2D eigenvalue weighted by Crippen LogP contribution is -2.10. The van der Waals surface area contributed by atoms with Gasteiger partial charge < -0.3 is 10.3 Å². The van der Waals surface area contributed by atoms with Crippen LogP contribution in [0.2, 0.25) is 0 Å². The largest absolute Gasteiger partial charge is 0.328 e. The molecule has 0 fully saturated rings. The molecule has 0 atom stereocenters. The van der Waals surface area contributed by atoms with E-state index in [-0.39, 0.29) is 5.56 Å². The topological polar surface area (TPSA) is 44.9 Å². The molecule has 3 nitrogen and oxygen atoms in total. The molecule has 0 aliphatic rings. The summed E-state index contributed by atoms with van der Waals surface area (Å²) in [5.41, 5.74) is 1.40. The van der Waals surface area contributed by atoms with Gasteiger partial charge in [0.25, 0.3) is 5.56 Å². The quantitative estimate of drug-likeness (QED) is 0.603. The molecule has 0 radical (unpaired) electrons. The zero-order valence-electron chi connectivity index (χ0n) is 7.77. The summed E-state index contributed by atoms with van der Waals surface area (Å²) in [5.74, 6) is 5.64. The van der Waals surface area contributed by atoms with Gasteiger partial charge in [0.2, 0.25) is 0 Å². The van der Waals surface area contributed by atoms with Crippen LogP contribution in [-0.4, -0.2) is 18.6 Å². The Morgan fingerprint density at radius 3 is 3.08 bits per heavy atom. The number of nitrogens with one attached hydrogen (secondary N) is 2. The molecule has 0 aliphatic heterocycles. The Balaban J connectivity index is 2.96. The minimum absolute atomic E-state index is 0.130. The van der Waals surface area contributed by atoms with Gasteiger partial charge in [0.05, 0.1) is 12.1 Å². The molecule has 1 heterocycles. The number of aromatic amines is 1. The van der Waals surface area contributed by atoms with E-state index < -0.39 is 0 Å². The van der Waals surface area contributed by atoms with Crippen LogP contribution in [0, 0.1) is 18.8 Å². The van der Waals surface area contributed by atoms with Crippen molar-refractivity contribution in [2.45, 2.75) is 6.92 Å². The van der Waals surface area contributed by atoms with Crippen LogP contribution < -0.4 is 10.9 Å². The molecule has 0 aliphatic carbocycles. The number of aryl methyl sites for hydroxylation is 1. The van der Waals surface area contributed by atoms with Crippen molar-refractivity contribution in [1.29, 1.82) is 0 Å². The van der Waals surface area contributed by atoms with Crippen molar-refractivity contribution in [1.82, 2.24) is 10.3 Å². The maximum Gasteiger partial charge on any atom is 0.263 e. The van der Waals surface area contributed by atoms with Crippen molar-refractivity contribution in [2.24, 2.45) is 0 Å². The Morgan fingerprint density at radius 1 is 1.62 bits per heavy atom. The minimum atomic E-state index is -0.130. The normalized spacial score (nSPS) is 9.08. The fourth-order valence-electron chi connectivity index (χ4n) is 0.913. The number of rotatable bonds is 1. The molecular weight excluding hydrogens is 164 g/mol. The molecule has 0 unspecified atom stereocenters. The smallest absolute Gasteiger partial charge is 0.263 e. The highest BCUT2D eigenvalue weighted by Crippen LogP contribution is 1.93. The summed E-state index contributed by atoms with van der Waals surface area (Å²) in [4.78, 5) is 13.8. The number of hydrogen-bond donors (Lipinski definition) is 2. The summed E-state index contributed by atoms with van der Waals surface area (Å²) in [6.45, 7) is 2.51. The highest BCUT2D eigenvalue weighted by atomic mass is 16.1. The van der Waals surface area contributed by atoms with Gasteiger partial charge in [-0.25, -0.2) is 0 Å². The van der Waals surface area contributed by atoms with Crippen molar-refractivity contribution < 1.29 is 0 Å². The first-order chi connectivity index (χ1) is 6.24. The molecule has 0 bridgehead atoms. The van der Waals surface area contributed by atoms with Crippen LogP contribution in [0.5, 0.6) is 0 Å². The van der Waals surface area contributed by atoms with E-state index >= 15 is 0 Å². The summed E-state index contributed by atoms with van der Waals surface area (Å²) in [7, 11) is 1.81. The third-order valence-electron chi connectivity index (χ3n) is 1.54. The van der Waals surface area contributed by atoms with Gasteiger partial charge in [-0.1, -0.05) is 11.8 Å². The van der Waals surface area contributed by atoms with E-state index in [1.807, 2.05) is 14.0 Å². The Hall–Kier alpha value is -1.53. The SMILES string of the molecule is CNCC#Cc1cc(C)c[nH]c1=O. The summed E-state index contributed by atoms with van der Waals surface area (Å²) in [6.07, 6.45) is 1.67. The molecule has 0 amide bonds. The van der Waals surface area contributed by atoms with Gasteiger partial charge >= 0.3 is 0 Å². The number of pyridine rings is 1. The van der Waals surface area contributed by atoms with Crippen LogP contribution in [0.3, 0.4) is 0 Å². The monoisotopic (exact) mass is 176 g/mol. The summed E-state index contributed by atoms with van der Waals surface area (Å²) in [5, 5.41) is 2.89. The third-order valence-corrected chi connectivity index (χ3v) is 1.54. The first kappa shape index (κ1) is 9.56. The van der Waals surface area contributed by atoms with Crippen LogP contribution in [0.15, 0.2) is 17.1 Å². The molecule has 1 rings (SSSR count). The van der Waals surface area contributed by atoms with E-state index in [4.69, 9.17) is 0 Å². The molecule has 0 aromatic carbocycles. The average molecular weight is 176 g/mol. The maximum absolute atomic E-state index is 11.2. The van der Waals surface area contributed by atoms with E-state index in [9.17, 15) is 4.79 Å². The fraction of sp³-hybridized carbons (Fsp3) is 0.300. The summed E-state index contributed by atoms with van der Waals surface area (Å²) < 4.78 is 0. The lowest BCUT2D eigenvalue weighted by atomic mass is 10.2. The first-order valence-corrected chi connectivity index (χ1v) is 4.07. The molecule has 13 heavy (non-hydrogen) atoms. The minimum Gasteiger partial charge on any atom is -0.328 e. The van der Waals surface area contributed by atoms with Crippen molar-refractivity contribution in [3.63, 3.8) is 0 Å². The molecule has 0 saturated carbocycles. The summed E-state index contributed by atoms with van der Waals surface area (Å²) in [6, 6.07) is 1.78. The van der Waals surface area contributed by atoms with Crippen LogP contribution in [0.1, 0.15) is 11.1 Å². The van der Waals surface area contributed by atoms with Gasteiger partial charge in [-0.05, 0) is 25.6 Å². The predicted molar refractivity (Wildman–Crippen MR) is 52.6 cm³/mol. The molecule has 3 heteroatoms. The molecule has 0 spiro atoms. The van der Waals surface area contributed by atoms with E-state index in [0.717, 1.165) is 5.56 Å². The lowest BCUT2D eigenvalue weighted by molar-refractivity contribution is 0.938. The van der Waals surface area contributed by atoms with Gasteiger partial charge in [0, 0.05) is 6.20 Å². The maximum atomic E-state index is 11.2. The summed E-state index contributed by atoms with van der Waals surface area (Å²) >= 11 is 0. The average Bonchev–Trinajstić information content (AvgIpc) is 2.11. The van der Waals surface area contributed by atoms with Gasteiger partial charge in [-0.15, -0.1) is 0 Å². The van der Waals surface area contributed by atoms with Crippen molar-refractivity contribution in [3.05, 3.63) is 33.7 Å². The second-order valence-electron chi connectivity index (χ2n) is 2.75. The second kappa shape index (κ2) is 4.48. The van der Waals surface area contributed by atoms with Crippen molar-refractivity contribution in [2.75, 3.05) is 13.6 Å². The Labute approximate surface area is 77.2 Å². The fourth-order valence-corrected chi connectivity index (χ4v) is 0.913. The number of hydrogen-bond acceptors (Lipinski definition) is 2. The molecule has 0 saturated heterocycles. The van der Waals surface area contributed by atoms with E-state index in [2.05, 4.69) is 22.1 Å². The molecule has 1 aromatic heterocycles. The second-order valence-corrected chi connectivity index (χ2v) is 2.75. The Bertz CT molecular complexity index is 395. The van der Waals surface area contributed by atoms with Crippen LogP contribution >= 0.6 is 0 Å². The van der Waals surface area contributed by atoms with Gasteiger partial charge in [-0.3, -0.25) is 4.79 Å². The zero-order chi connectivity index (χ0) is 9.68. The van der Waals surface area contributed by atoms with Crippen molar-refractivity contribution >= 4 is 0 Å². The Morgan fingerprint density at radius 2 is 2.38 bits per heavy atom. The Kier molecular flexibility index (Phi) is 3.30. The van der Waals surface area contributed by atoms with Crippen LogP contribution in [-0.2, 0) is 0 Å². The lowest BCUT2D eigenvalue weighted by Gasteiger charge is -1.91. The highest BCUT2D eigenvalue weighted by Gasteiger charge is 1.93. The van der Waals surface area contributed by atoms with Crippen LogP contribution in [0.25, 0.3) is 0 Å². The van der Waals surface area contributed by atoms with Gasteiger partial charge in [0.15, 0.2) is 0 Å².